The van der Waals surface area contributed by atoms with Crippen LogP contribution >= 0.6 is 11.3 Å². The second-order valence-corrected chi connectivity index (χ2v) is 9.45. The van der Waals surface area contributed by atoms with Crippen molar-refractivity contribution in [1.29, 1.82) is 0 Å². The summed E-state index contributed by atoms with van der Waals surface area (Å²) < 4.78 is 70.2. The summed E-state index contributed by atoms with van der Waals surface area (Å²) >= 11 is 0.694. The van der Waals surface area contributed by atoms with Crippen LogP contribution in [-0.4, -0.2) is 19.3 Å². The van der Waals surface area contributed by atoms with E-state index in [4.69, 9.17) is 0 Å². The number of benzene rings is 2. The number of carbonyl (C=O) groups excluding carboxylic acids is 1. The molecule has 0 spiro atoms. The predicted molar refractivity (Wildman–Crippen MR) is 113 cm³/mol. The average Bonchev–Trinajstić information content (AvgIpc) is 3.03. The van der Waals surface area contributed by atoms with Crippen LogP contribution in [-0.2, 0) is 14.8 Å². The predicted octanol–water partition coefficient (Wildman–Crippen LogP) is 4.68. The van der Waals surface area contributed by atoms with E-state index < -0.39 is 39.1 Å². The molecule has 31 heavy (non-hydrogen) atoms. The number of nitrogens with one attached hydrogen (secondary N) is 3. The molecule has 0 unspecified atom stereocenters. The zero-order valence-electron chi connectivity index (χ0n) is 16.5. The standard InChI is InChI=1S/C19H17F3N4O3S2/c1-9-4-6-14(13(21)8-9)25-17-15(7-5-12(20)16(17)22)26-31(28,29)18-10(2)23-19(30-18)24-11(3)27/h4-8,25-26H,1-3H3,(H,23,24,27). The number of amides is 1. The minimum absolute atomic E-state index is 0.0655. The van der Waals surface area contributed by atoms with Crippen LogP contribution in [0.25, 0.3) is 0 Å². The molecule has 3 aromatic rings. The van der Waals surface area contributed by atoms with Gasteiger partial charge in [-0.3, -0.25) is 9.52 Å². The molecule has 2 aromatic carbocycles. The number of aryl methyl sites for hydroxylation is 2. The molecule has 0 bridgehead atoms. The molecular weight excluding hydrogens is 453 g/mol. The Hall–Kier alpha value is -3.12. The highest BCUT2D eigenvalue weighted by atomic mass is 32.2. The molecule has 1 amide bonds. The van der Waals surface area contributed by atoms with Gasteiger partial charge in [-0.05, 0) is 43.7 Å². The van der Waals surface area contributed by atoms with E-state index in [1.54, 1.807) is 13.0 Å². The third-order valence-corrected chi connectivity index (χ3v) is 7.05. The Balaban J connectivity index is 2.00. The van der Waals surface area contributed by atoms with Crippen molar-refractivity contribution in [1.82, 2.24) is 4.98 Å². The van der Waals surface area contributed by atoms with Gasteiger partial charge in [-0.25, -0.2) is 26.6 Å². The maximum absolute atomic E-state index is 14.5. The molecule has 1 aromatic heterocycles. The number of carbonyl (C=O) groups is 1. The zero-order valence-corrected chi connectivity index (χ0v) is 18.1. The van der Waals surface area contributed by atoms with Crippen molar-refractivity contribution in [2.24, 2.45) is 0 Å². The Morgan fingerprint density at radius 1 is 1.03 bits per heavy atom. The van der Waals surface area contributed by atoms with Gasteiger partial charge in [-0.15, -0.1) is 0 Å². The van der Waals surface area contributed by atoms with Gasteiger partial charge in [0.25, 0.3) is 10.0 Å². The number of hydrogen-bond donors (Lipinski definition) is 3. The van der Waals surface area contributed by atoms with E-state index in [2.05, 4.69) is 20.3 Å². The first kappa shape index (κ1) is 22.6. The summed E-state index contributed by atoms with van der Waals surface area (Å²) in [6.45, 7) is 4.32. The first-order valence-corrected chi connectivity index (χ1v) is 11.1. The summed E-state index contributed by atoms with van der Waals surface area (Å²) in [4.78, 5) is 15.2. The summed E-state index contributed by atoms with van der Waals surface area (Å²) in [6, 6.07) is 5.81. The van der Waals surface area contributed by atoms with Crippen molar-refractivity contribution in [2.45, 2.75) is 25.0 Å². The van der Waals surface area contributed by atoms with Crippen LogP contribution in [0.4, 0.5) is 35.4 Å². The van der Waals surface area contributed by atoms with E-state index in [0.29, 0.717) is 16.9 Å². The quantitative estimate of drug-likeness (QED) is 0.486. The minimum atomic E-state index is -4.29. The molecule has 0 atom stereocenters. The van der Waals surface area contributed by atoms with E-state index >= 15 is 0 Å². The third kappa shape index (κ3) is 4.97. The second-order valence-electron chi connectivity index (χ2n) is 6.57. The van der Waals surface area contributed by atoms with Crippen LogP contribution in [0.5, 0.6) is 0 Å². The fourth-order valence-electron chi connectivity index (χ4n) is 2.64. The first-order chi connectivity index (χ1) is 14.5. The maximum atomic E-state index is 14.5. The van der Waals surface area contributed by atoms with Gasteiger partial charge in [-0.1, -0.05) is 17.4 Å². The fraction of sp³-hybridized carbons (Fsp3) is 0.158. The lowest BCUT2D eigenvalue weighted by Crippen LogP contribution is -2.15. The molecule has 0 aliphatic rings. The number of anilines is 4. The van der Waals surface area contributed by atoms with E-state index in [0.717, 1.165) is 12.1 Å². The smallest absolute Gasteiger partial charge is 0.273 e. The highest BCUT2D eigenvalue weighted by Crippen LogP contribution is 2.35. The average molecular weight is 470 g/mol. The summed E-state index contributed by atoms with van der Waals surface area (Å²) in [5.74, 6) is -3.80. The molecule has 3 N–H and O–H groups in total. The molecule has 1 heterocycles. The van der Waals surface area contributed by atoms with Crippen LogP contribution in [0.3, 0.4) is 0 Å². The van der Waals surface area contributed by atoms with Crippen molar-refractivity contribution in [3.63, 3.8) is 0 Å². The van der Waals surface area contributed by atoms with Crippen LogP contribution in [0.15, 0.2) is 34.5 Å². The fourth-order valence-corrected chi connectivity index (χ4v) is 5.17. The SMILES string of the molecule is CC(=O)Nc1nc(C)c(S(=O)(=O)Nc2ccc(F)c(F)c2Nc2ccc(C)cc2F)s1. The van der Waals surface area contributed by atoms with Gasteiger partial charge >= 0.3 is 0 Å². The number of sulfonamides is 1. The summed E-state index contributed by atoms with van der Waals surface area (Å²) in [6.07, 6.45) is 0. The van der Waals surface area contributed by atoms with Crippen LogP contribution in [0, 0.1) is 31.3 Å². The maximum Gasteiger partial charge on any atom is 0.273 e. The highest BCUT2D eigenvalue weighted by molar-refractivity contribution is 7.94. The molecule has 0 saturated carbocycles. The largest absolute Gasteiger partial charge is 0.349 e. The van der Waals surface area contributed by atoms with E-state index in [-0.39, 0.29) is 26.4 Å². The number of thiazole rings is 1. The van der Waals surface area contributed by atoms with Crippen LogP contribution < -0.4 is 15.4 Å². The number of halogens is 3. The number of hydrogen-bond acceptors (Lipinski definition) is 6. The Morgan fingerprint density at radius 3 is 2.35 bits per heavy atom. The monoisotopic (exact) mass is 470 g/mol. The Bertz CT molecular complexity index is 1280. The molecule has 0 radical (unpaired) electrons. The van der Waals surface area contributed by atoms with Gasteiger partial charge in [0.15, 0.2) is 21.0 Å². The van der Waals surface area contributed by atoms with Crippen molar-refractivity contribution < 1.29 is 26.4 Å². The summed E-state index contributed by atoms with van der Waals surface area (Å²) in [7, 11) is -4.29. The molecule has 0 aliphatic carbocycles. The lowest BCUT2D eigenvalue weighted by atomic mass is 10.2. The molecular formula is C19H17F3N4O3S2. The normalized spacial score (nSPS) is 11.3. The molecule has 0 aliphatic heterocycles. The topological polar surface area (TPSA) is 100 Å². The van der Waals surface area contributed by atoms with Crippen molar-refractivity contribution in [2.75, 3.05) is 15.4 Å². The molecule has 164 valence electrons. The molecule has 7 nitrogen and oxygen atoms in total. The molecule has 12 heteroatoms. The van der Waals surface area contributed by atoms with Crippen molar-refractivity contribution >= 4 is 49.5 Å². The van der Waals surface area contributed by atoms with Gasteiger partial charge in [0.1, 0.15) is 11.5 Å². The molecule has 3 rings (SSSR count). The Labute approximate surface area is 180 Å². The lowest BCUT2D eigenvalue weighted by molar-refractivity contribution is -0.114. The van der Waals surface area contributed by atoms with Crippen LogP contribution in [0.2, 0.25) is 0 Å². The molecule has 0 saturated heterocycles. The number of rotatable bonds is 6. The van der Waals surface area contributed by atoms with Gasteiger partial charge in [0, 0.05) is 6.92 Å². The second kappa shape index (κ2) is 8.55. The van der Waals surface area contributed by atoms with Crippen molar-refractivity contribution in [3.05, 3.63) is 59.0 Å². The van der Waals surface area contributed by atoms with Gasteiger partial charge in [0.2, 0.25) is 5.91 Å². The van der Waals surface area contributed by atoms with Gasteiger partial charge in [-0.2, -0.15) is 0 Å². The number of nitrogens with zero attached hydrogens (tertiary/aromatic N) is 1. The van der Waals surface area contributed by atoms with E-state index in [1.165, 1.54) is 26.0 Å². The minimum Gasteiger partial charge on any atom is -0.349 e. The Kier molecular flexibility index (Phi) is 6.23. The zero-order chi connectivity index (χ0) is 22.9. The Morgan fingerprint density at radius 2 is 1.71 bits per heavy atom. The number of aromatic nitrogens is 1. The lowest BCUT2D eigenvalue weighted by Gasteiger charge is -2.16. The van der Waals surface area contributed by atoms with Gasteiger partial charge < -0.3 is 10.6 Å². The first-order valence-electron chi connectivity index (χ1n) is 8.77. The van der Waals surface area contributed by atoms with Crippen LogP contribution in [0.1, 0.15) is 18.2 Å². The van der Waals surface area contributed by atoms with E-state index in [9.17, 15) is 26.4 Å². The van der Waals surface area contributed by atoms with Gasteiger partial charge in [0.05, 0.1) is 17.1 Å². The van der Waals surface area contributed by atoms with E-state index in [1.807, 2.05) is 0 Å². The summed E-state index contributed by atoms with van der Waals surface area (Å²) in [5, 5.41) is 4.86. The van der Waals surface area contributed by atoms with Crippen molar-refractivity contribution in [3.8, 4) is 0 Å². The molecule has 0 fully saturated rings. The highest BCUT2D eigenvalue weighted by Gasteiger charge is 2.25. The third-order valence-electron chi connectivity index (χ3n) is 4.00. The summed E-state index contributed by atoms with van der Waals surface area (Å²) in [5.41, 5.74) is -0.386.